The number of hydrogen-bond acceptors (Lipinski definition) is 3. The van der Waals surface area contributed by atoms with Gasteiger partial charge >= 0.3 is 6.03 Å². The molecule has 0 aromatic carbocycles. The Balaban J connectivity index is 1.73. The molecule has 0 fully saturated rings. The summed E-state index contributed by atoms with van der Waals surface area (Å²) in [5, 5.41) is 5.55. The summed E-state index contributed by atoms with van der Waals surface area (Å²) in [6.45, 7) is 0.982. The lowest BCUT2D eigenvalue weighted by Crippen LogP contribution is -2.34. The Bertz CT molecular complexity index is 441. The van der Waals surface area contributed by atoms with Gasteiger partial charge in [0.2, 0.25) is 0 Å². The van der Waals surface area contributed by atoms with Crippen LogP contribution in [0.4, 0.5) is 4.79 Å². The highest BCUT2D eigenvalue weighted by atomic mass is 16.2. The maximum Gasteiger partial charge on any atom is 0.315 e. The van der Waals surface area contributed by atoms with Crippen molar-refractivity contribution in [1.82, 2.24) is 20.6 Å². The molecule has 2 N–H and O–H groups in total. The van der Waals surface area contributed by atoms with Crippen molar-refractivity contribution in [2.24, 2.45) is 0 Å². The monoisotopic (exact) mass is 242 g/mol. The van der Waals surface area contributed by atoms with E-state index in [2.05, 4.69) is 20.6 Å². The molecule has 0 unspecified atom stereocenters. The molecule has 2 amide bonds. The highest BCUT2D eigenvalue weighted by Crippen LogP contribution is 1.96. The van der Waals surface area contributed by atoms with E-state index in [1.807, 2.05) is 24.3 Å². The summed E-state index contributed by atoms with van der Waals surface area (Å²) in [6.07, 6.45) is 6.80. The average molecular weight is 242 g/mol. The summed E-state index contributed by atoms with van der Waals surface area (Å²) < 4.78 is 0. The van der Waals surface area contributed by atoms with Gasteiger partial charge in [-0.05, 0) is 35.4 Å². The molecular weight excluding hydrogens is 228 g/mol. The van der Waals surface area contributed by atoms with Crippen molar-refractivity contribution in [1.29, 1.82) is 0 Å². The van der Waals surface area contributed by atoms with Gasteiger partial charge in [-0.15, -0.1) is 0 Å². The van der Waals surface area contributed by atoms with E-state index in [1.165, 1.54) is 0 Å². The van der Waals surface area contributed by atoms with E-state index in [0.717, 1.165) is 11.1 Å². The molecule has 0 spiro atoms. The average Bonchev–Trinajstić information content (AvgIpc) is 2.45. The van der Waals surface area contributed by atoms with Crippen LogP contribution in [0, 0.1) is 0 Å². The molecule has 92 valence electrons. The van der Waals surface area contributed by atoms with Crippen LogP contribution in [0.2, 0.25) is 0 Å². The Kier molecular flexibility index (Phi) is 4.24. The van der Waals surface area contributed by atoms with Crippen LogP contribution in [0.25, 0.3) is 0 Å². The predicted octanol–water partition coefficient (Wildman–Crippen LogP) is 1.48. The topological polar surface area (TPSA) is 66.9 Å². The number of hydrogen-bond donors (Lipinski definition) is 2. The van der Waals surface area contributed by atoms with Crippen molar-refractivity contribution in [2.45, 2.75) is 13.1 Å². The third-order valence-electron chi connectivity index (χ3n) is 2.40. The van der Waals surface area contributed by atoms with E-state index < -0.39 is 0 Å². The molecule has 0 aliphatic carbocycles. The first-order valence-electron chi connectivity index (χ1n) is 5.64. The molecule has 2 heterocycles. The first-order chi connectivity index (χ1) is 8.84. The van der Waals surface area contributed by atoms with Crippen LogP contribution in [-0.4, -0.2) is 16.0 Å². The van der Waals surface area contributed by atoms with Crippen LogP contribution in [-0.2, 0) is 13.1 Å². The molecule has 5 heteroatoms. The lowest BCUT2D eigenvalue weighted by molar-refractivity contribution is 0.240. The highest BCUT2D eigenvalue weighted by molar-refractivity contribution is 5.73. The van der Waals surface area contributed by atoms with Gasteiger partial charge in [-0.3, -0.25) is 9.97 Å². The molecule has 0 aliphatic rings. The molecular formula is C13H14N4O. The smallest absolute Gasteiger partial charge is 0.315 e. The third kappa shape index (κ3) is 3.86. The zero-order chi connectivity index (χ0) is 12.6. The van der Waals surface area contributed by atoms with E-state index in [1.54, 1.807) is 24.8 Å². The van der Waals surface area contributed by atoms with Crippen LogP contribution < -0.4 is 10.6 Å². The van der Waals surface area contributed by atoms with Gasteiger partial charge in [-0.1, -0.05) is 0 Å². The Morgan fingerprint density at radius 1 is 0.833 bits per heavy atom. The van der Waals surface area contributed by atoms with Crippen LogP contribution in [0.15, 0.2) is 49.1 Å². The lowest BCUT2D eigenvalue weighted by Gasteiger charge is -2.07. The van der Waals surface area contributed by atoms with Crippen molar-refractivity contribution in [3.8, 4) is 0 Å². The van der Waals surface area contributed by atoms with Gasteiger partial charge < -0.3 is 10.6 Å². The van der Waals surface area contributed by atoms with Crippen molar-refractivity contribution in [3.05, 3.63) is 60.2 Å². The number of carbonyl (C=O) groups excluding carboxylic acids is 1. The molecule has 0 saturated heterocycles. The third-order valence-corrected chi connectivity index (χ3v) is 2.40. The summed E-state index contributed by atoms with van der Waals surface area (Å²) in [6, 6.07) is 7.27. The predicted molar refractivity (Wildman–Crippen MR) is 67.5 cm³/mol. The fraction of sp³-hybridized carbons (Fsp3) is 0.154. The summed E-state index contributed by atoms with van der Waals surface area (Å²) in [7, 11) is 0. The number of rotatable bonds is 4. The van der Waals surface area contributed by atoms with Gasteiger partial charge in [0.25, 0.3) is 0 Å². The number of carbonyl (C=O) groups is 1. The fourth-order valence-corrected chi connectivity index (χ4v) is 1.43. The van der Waals surface area contributed by atoms with Gasteiger partial charge in [0.05, 0.1) is 0 Å². The summed E-state index contributed by atoms with van der Waals surface area (Å²) in [5.74, 6) is 0. The number of amides is 2. The minimum Gasteiger partial charge on any atom is -0.334 e. The number of nitrogens with zero attached hydrogens (tertiary/aromatic N) is 2. The first-order valence-corrected chi connectivity index (χ1v) is 5.64. The van der Waals surface area contributed by atoms with E-state index in [4.69, 9.17) is 0 Å². The first kappa shape index (κ1) is 12.0. The van der Waals surface area contributed by atoms with Crippen LogP contribution in [0.1, 0.15) is 11.1 Å². The zero-order valence-corrected chi connectivity index (χ0v) is 9.84. The van der Waals surface area contributed by atoms with Crippen molar-refractivity contribution < 1.29 is 4.79 Å². The molecule has 2 aromatic rings. The fourth-order valence-electron chi connectivity index (χ4n) is 1.43. The molecule has 0 radical (unpaired) electrons. The number of urea groups is 1. The Morgan fingerprint density at radius 2 is 1.22 bits per heavy atom. The number of pyridine rings is 2. The molecule has 2 aromatic heterocycles. The lowest BCUT2D eigenvalue weighted by atomic mass is 10.2. The summed E-state index contributed by atoms with van der Waals surface area (Å²) >= 11 is 0. The van der Waals surface area contributed by atoms with Crippen molar-refractivity contribution in [2.75, 3.05) is 0 Å². The van der Waals surface area contributed by atoms with Crippen LogP contribution in [0.3, 0.4) is 0 Å². The maximum atomic E-state index is 11.5. The van der Waals surface area contributed by atoms with Gasteiger partial charge in [0.1, 0.15) is 0 Å². The van der Waals surface area contributed by atoms with Crippen molar-refractivity contribution >= 4 is 6.03 Å². The number of nitrogens with one attached hydrogen (secondary N) is 2. The Hall–Kier alpha value is -2.43. The maximum absolute atomic E-state index is 11.5. The second-order valence-electron chi connectivity index (χ2n) is 3.75. The highest BCUT2D eigenvalue weighted by Gasteiger charge is 2.00. The standard InChI is InChI=1S/C13H14N4O/c18-13(16-9-11-1-5-14-6-2-11)17-10-12-3-7-15-8-4-12/h1-8H,9-10H2,(H2,16,17,18). The molecule has 5 nitrogen and oxygen atoms in total. The molecule has 18 heavy (non-hydrogen) atoms. The number of aromatic nitrogens is 2. The summed E-state index contributed by atoms with van der Waals surface area (Å²) in [5.41, 5.74) is 2.04. The Morgan fingerprint density at radius 3 is 1.61 bits per heavy atom. The molecule has 0 atom stereocenters. The van der Waals surface area contributed by atoms with E-state index in [-0.39, 0.29) is 6.03 Å². The normalized spacial score (nSPS) is 9.78. The second-order valence-corrected chi connectivity index (χ2v) is 3.75. The van der Waals surface area contributed by atoms with Gasteiger partial charge in [-0.2, -0.15) is 0 Å². The largest absolute Gasteiger partial charge is 0.334 e. The SMILES string of the molecule is O=C(NCc1ccncc1)NCc1ccncc1. The van der Waals surface area contributed by atoms with Gasteiger partial charge in [-0.25, -0.2) is 4.79 Å². The quantitative estimate of drug-likeness (QED) is 0.853. The molecule has 0 saturated carbocycles. The molecule has 0 bridgehead atoms. The van der Waals surface area contributed by atoms with E-state index >= 15 is 0 Å². The summed E-state index contributed by atoms with van der Waals surface area (Å²) in [4.78, 5) is 19.4. The minimum atomic E-state index is -0.191. The van der Waals surface area contributed by atoms with Crippen LogP contribution in [0.5, 0.6) is 0 Å². The van der Waals surface area contributed by atoms with Gasteiger partial charge in [0.15, 0.2) is 0 Å². The van der Waals surface area contributed by atoms with Gasteiger partial charge in [0, 0.05) is 37.9 Å². The Labute approximate surface area is 105 Å². The zero-order valence-electron chi connectivity index (χ0n) is 9.84. The minimum absolute atomic E-state index is 0.191. The molecule has 0 aliphatic heterocycles. The van der Waals surface area contributed by atoms with E-state index in [0.29, 0.717) is 13.1 Å². The van der Waals surface area contributed by atoms with Crippen molar-refractivity contribution in [3.63, 3.8) is 0 Å². The van der Waals surface area contributed by atoms with E-state index in [9.17, 15) is 4.79 Å². The van der Waals surface area contributed by atoms with Crippen LogP contribution >= 0.6 is 0 Å². The molecule has 2 rings (SSSR count). The second kappa shape index (κ2) is 6.34.